The molecule has 0 aliphatic carbocycles. The number of likely N-dealkylation sites (tertiary alicyclic amines) is 1. The van der Waals surface area contributed by atoms with E-state index in [1.54, 1.807) is 6.20 Å². The van der Waals surface area contributed by atoms with Crippen molar-refractivity contribution in [1.29, 1.82) is 0 Å². The molecular formula is C15H18N4O. The maximum absolute atomic E-state index is 12.3. The highest BCUT2D eigenvalue weighted by Gasteiger charge is 2.32. The van der Waals surface area contributed by atoms with Crippen molar-refractivity contribution >= 4 is 22.5 Å². The molecule has 2 aromatic rings. The Kier molecular flexibility index (Phi) is 3.38. The molecule has 2 heterocycles. The molecule has 1 aliphatic rings. The zero-order valence-electron chi connectivity index (χ0n) is 11.4. The molecule has 20 heavy (non-hydrogen) atoms. The van der Waals surface area contributed by atoms with Crippen molar-refractivity contribution in [3.8, 4) is 0 Å². The van der Waals surface area contributed by atoms with Gasteiger partial charge in [0.15, 0.2) is 0 Å². The Morgan fingerprint density at radius 2 is 2.25 bits per heavy atom. The molecule has 104 valence electrons. The lowest BCUT2D eigenvalue weighted by Crippen LogP contribution is -2.37. The van der Waals surface area contributed by atoms with E-state index in [0.29, 0.717) is 6.42 Å². The number of aromatic nitrogens is 1. The van der Waals surface area contributed by atoms with E-state index < -0.39 is 0 Å². The van der Waals surface area contributed by atoms with Gasteiger partial charge in [-0.15, -0.1) is 0 Å². The first-order valence-electron chi connectivity index (χ1n) is 6.75. The number of pyridine rings is 1. The first-order chi connectivity index (χ1) is 9.63. The second kappa shape index (κ2) is 5.19. The predicted molar refractivity (Wildman–Crippen MR) is 79.4 cm³/mol. The zero-order chi connectivity index (χ0) is 14.1. The average molecular weight is 270 g/mol. The number of nitrogens with two attached hydrogens (primary N) is 1. The molecule has 1 fully saturated rings. The van der Waals surface area contributed by atoms with Crippen molar-refractivity contribution in [3.63, 3.8) is 0 Å². The first-order valence-corrected chi connectivity index (χ1v) is 6.75. The van der Waals surface area contributed by atoms with Crippen molar-refractivity contribution in [2.45, 2.75) is 18.5 Å². The predicted octanol–water partition coefficient (Wildman–Crippen LogP) is 1.20. The zero-order valence-corrected chi connectivity index (χ0v) is 11.4. The summed E-state index contributed by atoms with van der Waals surface area (Å²) in [6.45, 7) is 0.758. The number of anilines is 1. The summed E-state index contributed by atoms with van der Waals surface area (Å²) in [7, 11) is 1.93. The molecule has 0 bridgehead atoms. The van der Waals surface area contributed by atoms with Crippen LogP contribution in [-0.2, 0) is 4.79 Å². The molecule has 3 N–H and O–H groups in total. The van der Waals surface area contributed by atoms with Crippen molar-refractivity contribution in [1.82, 2.24) is 9.88 Å². The summed E-state index contributed by atoms with van der Waals surface area (Å²) in [5.41, 5.74) is 7.53. The molecule has 1 saturated heterocycles. The lowest BCUT2D eigenvalue weighted by molar-refractivity contribution is -0.119. The molecule has 0 spiro atoms. The largest absolute Gasteiger partial charge is 0.326 e. The fourth-order valence-electron chi connectivity index (χ4n) is 2.71. The van der Waals surface area contributed by atoms with E-state index in [1.165, 1.54) is 0 Å². The minimum Gasteiger partial charge on any atom is -0.326 e. The van der Waals surface area contributed by atoms with Crippen LogP contribution in [0.15, 0.2) is 36.5 Å². The fourth-order valence-corrected chi connectivity index (χ4v) is 2.71. The third-order valence-corrected chi connectivity index (χ3v) is 3.74. The van der Waals surface area contributed by atoms with E-state index in [4.69, 9.17) is 5.73 Å². The lowest BCUT2D eigenvalue weighted by Gasteiger charge is -2.18. The van der Waals surface area contributed by atoms with Gasteiger partial charge >= 0.3 is 0 Å². The van der Waals surface area contributed by atoms with Gasteiger partial charge in [-0.05, 0) is 25.6 Å². The van der Waals surface area contributed by atoms with Gasteiger partial charge in [-0.25, -0.2) is 0 Å². The Labute approximate surface area is 117 Å². The van der Waals surface area contributed by atoms with Crippen LogP contribution in [0.3, 0.4) is 0 Å². The number of fused-ring (bicyclic) bond motifs is 1. The maximum Gasteiger partial charge on any atom is 0.241 e. The normalized spacial score (nSPS) is 23.1. The van der Waals surface area contributed by atoms with Crippen molar-refractivity contribution in [2.24, 2.45) is 5.73 Å². The molecular weight excluding hydrogens is 252 g/mol. The number of para-hydroxylation sites is 1. The Hall–Kier alpha value is -1.98. The first kappa shape index (κ1) is 13.0. The van der Waals surface area contributed by atoms with Gasteiger partial charge in [-0.3, -0.25) is 14.7 Å². The monoisotopic (exact) mass is 270 g/mol. The number of nitrogens with one attached hydrogen (secondary N) is 1. The van der Waals surface area contributed by atoms with Crippen molar-refractivity contribution < 1.29 is 4.79 Å². The van der Waals surface area contributed by atoms with Crippen LogP contribution in [0.25, 0.3) is 10.9 Å². The number of carbonyl (C=O) groups is 1. The quantitative estimate of drug-likeness (QED) is 0.860. The third-order valence-electron chi connectivity index (χ3n) is 3.74. The van der Waals surface area contributed by atoms with Crippen LogP contribution in [-0.4, -0.2) is 41.5 Å². The number of amides is 1. The second-order valence-corrected chi connectivity index (χ2v) is 5.36. The molecule has 3 rings (SSSR count). The van der Waals surface area contributed by atoms with Gasteiger partial charge in [0.2, 0.25) is 5.91 Å². The van der Waals surface area contributed by atoms with E-state index in [2.05, 4.69) is 10.3 Å². The second-order valence-electron chi connectivity index (χ2n) is 5.36. The van der Waals surface area contributed by atoms with Crippen LogP contribution >= 0.6 is 0 Å². The number of rotatable bonds is 2. The van der Waals surface area contributed by atoms with Gasteiger partial charge in [-0.2, -0.15) is 0 Å². The maximum atomic E-state index is 12.3. The summed E-state index contributed by atoms with van der Waals surface area (Å²) < 4.78 is 0. The molecule has 2 unspecified atom stereocenters. The molecule has 5 nitrogen and oxygen atoms in total. The number of likely N-dealkylation sites (N-methyl/N-ethyl adjacent to an activating group) is 1. The number of hydrogen-bond acceptors (Lipinski definition) is 4. The van der Waals surface area contributed by atoms with Gasteiger partial charge in [0, 0.05) is 18.0 Å². The molecule has 0 saturated carbocycles. The summed E-state index contributed by atoms with van der Waals surface area (Å²) in [5.74, 6) is -0.0162. The lowest BCUT2D eigenvalue weighted by atomic mass is 10.1. The van der Waals surface area contributed by atoms with E-state index >= 15 is 0 Å². The molecule has 1 amide bonds. The van der Waals surface area contributed by atoms with Crippen LogP contribution < -0.4 is 11.1 Å². The van der Waals surface area contributed by atoms with E-state index in [-0.39, 0.29) is 18.0 Å². The van der Waals surface area contributed by atoms with Crippen molar-refractivity contribution in [3.05, 3.63) is 36.5 Å². The summed E-state index contributed by atoms with van der Waals surface area (Å²) >= 11 is 0. The minimum absolute atomic E-state index is 0.0162. The van der Waals surface area contributed by atoms with E-state index in [0.717, 1.165) is 23.1 Å². The highest BCUT2D eigenvalue weighted by molar-refractivity contribution is 5.96. The summed E-state index contributed by atoms with van der Waals surface area (Å²) in [4.78, 5) is 18.6. The Bertz CT molecular complexity index is 643. The van der Waals surface area contributed by atoms with Crippen LogP contribution in [0.5, 0.6) is 0 Å². The molecule has 1 aromatic heterocycles. The average Bonchev–Trinajstić information content (AvgIpc) is 2.78. The Balaban J connectivity index is 1.77. The highest BCUT2D eigenvalue weighted by Crippen LogP contribution is 2.19. The Morgan fingerprint density at radius 1 is 1.45 bits per heavy atom. The number of carbonyl (C=O) groups excluding carboxylic acids is 1. The summed E-state index contributed by atoms with van der Waals surface area (Å²) in [5, 5.41) is 3.94. The van der Waals surface area contributed by atoms with Gasteiger partial charge in [0.05, 0.1) is 23.4 Å². The molecule has 1 aliphatic heterocycles. The van der Waals surface area contributed by atoms with E-state index in [1.807, 2.05) is 42.3 Å². The van der Waals surface area contributed by atoms with Gasteiger partial charge in [-0.1, -0.05) is 18.2 Å². The van der Waals surface area contributed by atoms with Crippen LogP contribution in [0.1, 0.15) is 6.42 Å². The molecule has 0 radical (unpaired) electrons. The summed E-state index contributed by atoms with van der Waals surface area (Å²) in [6.07, 6.45) is 2.39. The third kappa shape index (κ3) is 2.50. The van der Waals surface area contributed by atoms with E-state index in [9.17, 15) is 4.79 Å². The molecule has 2 atom stereocenters. The number of hydrogen-bond donors (Lipinski definition) is 2. The van der Waals surface area contributed by atoms with Gasteiger partial charge < -0.3 is 11.1 Å². The number of nitrogens with zero attached hydrogens (tertiary/aromatic N) is 2. The molecule has 5 heteroatoms. The topological polar surface area (TPSA) is 71.2 Å². The Morgan fingerprint density at radius 3 is 3.00 bits per heavy atom. The summed E-state index contributed by atoms with van der Waals surface area (Å²) in [6, 6.07) is 9.69. The highest BCUT2D eigenvalue weighted by atomic mass is 16.2. The molecule has 1 aromatic carbocycles. The minimum atomic E-state index is -0.156. The smallest absolute Gasteiger partial charge is 0.241 e. The number of benzene rings is 1. The van der Waals surface area contributed by atoms with Gasteiger partial charge in [0.25, 0.3) is 0 Å². The van der Waals surface area contributed by atoms with Crippen molar-refractivity contribution in [2.75, 3.05) is 18.9 Å². The fraction of sp³-hybridized carbons (Fsp3) is 0.333. The van der Waals surface area contributed by atoms with Crippen LogP contribution in [0, 0.1) is 0 Å². The van der Waals surface area contributed by atoms with Gasteiger partial charge in [0.1, 0.15) is 0 Å². The van der Waals surface area contributed by atoms with Crippen LogP contribution in [0.4, 0.5) is 5.69 Å². The SMILES string of the molecule is CN1CC(N)CC1C(=O)Nc1cnc2ccccc2c1. The van der Waals surface area contributed by atoms with Crippen LogP contribution in [0.2, 0.25) is 0 Å². The standard InChI is InChI=1S/C15H18N4O/c1-19-9-11(16)7-14(19)15(20)18-12-6-10-4-2-3-5-13(10)17-8-12/h2-6,8,11,14H,7,9,16H2,1H3,(H,18,20).